The molecule has 1 amide bonds. The van der Waals surface area contributed by atoms with Gasteiger partial charge in [0, 0.05) is 28.9 Å². The third-order valence-corrected chi connectivity index (χ3v) is 4.84. The number of aromatic nitrogens is 1. The average Bonchev–Trinajstić information content (AvgIpc) is 2.56. The Morgan fingerprint density at radius 2 is 1.92 bits per heavy atom. The summed E-state index contributed by atoms with van der Waals surface area (Å²) in [6, 6.07) is 5.27. The first-order valence-corrected chi connectivity index (χ1v) is 9.21. The van der Waals surface area contributed by atoms with Crippen molar-refractivity contribution < 1.29 is 4.79 Å². The molecule has 2 rings (SSSR count). The molecule has 0 saturated carbocycles. The van der Waals surface area contributed by atoms with Crippen LogP contribution in [0.3, 0.4) is 0 Å². The first kappa shape index (κ1) is 20.3. The lowest BCUT2D eigenvalue weighted by molar-refractivity contribution is 0.0951. The zero-order valence-electron chi connectivity index (χ0n) is 15.3. The van der Waals surface area contributed by atoms with E-state index in [-0.39, 0.29) is 29.6 Å². The normalized spacial score (nSPS) is 11.9. The number of rotatable bonds is 6. The number of amides is 1. The van der Waals surface area contributed by atoms with E-state index in [1.165, 1.54) is 6.07 Å². The average molecular weight is 396 g/mol. The number of aromatic amines is 1. The number of hydrogen-bond acceptors (Lipinski definition) is 3. The molecule has 5 nitrogen and oxygen atoms in total. The first-order chi connectivity index (χ1) is 12.2. The van der Waals surface area contributed by atoms with E-state index in [9.17, 15) is 9.59 Å². The summed E-state index contributed by atoms with van der Waals surface area (Å²) in [4.78, 5) is 27.4. The predicted octanol–water partition coefficient (Wildman–Crippen LogP) is 4.44. The van der Waals surface area contributed by atoms with Gasteiger partial charge in [0.2, 0.25) is 0 Å². The highest BCUT2D eigenvalue weighted by molar-refractivity contribution is 6.38. The number of benzene rings is 1. The van der Waals surface area contributed by atoms with Crippen LogP contribution < -0.4 is 16.2 Å². The lowest BCUT2D eigenvalue weighted by atomic mass is 10.1. The van der Waals surface area contributed by atoms with Gasteiger partial charge in [0.15, 0.2) is 0 Å². The molecule has 1 unspecified atom stereocenters. The zero-order valence-corrected chi connectivity index (χ0v) is 16.8. The van der Waals surface area contributed by atoms with Crippen molar-refractivity contribution in [2.45, 2.75) is 46.7 Å². The van der Waals surface area contributed by atoms with Crippen LogP contribution in [0.25, 0.3) is 0 Å². The molecule has 140 valence electrons. The predicted molar refractivity (Wildman–Crippen MR) is 108 cm³/mol. The van der Waals surface area contributed by atoms with Crippen molar-refractivity contribution in [3.63, 3.8) is 0 Å². The van der Waals surface area contributed by atoms with Crippen molar-refractivity contribution in [3.05, 3.63) is 61.0 Å². The molecule has 1 aromatic heterocycles. The largest absolute Gasteiger partial charge is 0.381 e. The molecule has 0 aliphatic carbocycles. The van der Waals surface area contributed by atoms with E-state index < -0.39 is 0 Å². The molecular weight excluding hydrogens is 373 g/mol. The van der Waals surface area contributed by atoms with Crippen molar-refractivity contribution in [1.82, 2.24) is 10.3 Å². The van der Waals surface area contributed by atoms with Crippen LogP contribution in [-0.2, 0) is 6.54 Å². The molecule has 0 aliphatic rings. The van der Waals surface area contributed by atoms with E-state index in [0.717, 1.165) is 17.7 Å². The summed E-state index contributed by atoms with van der Waals surface area (Å²) in [5, 5.41) is 6.71. The third-order valence-electron chi connectivity index (χ3n) is 4.22. The number of hydrogen-bond donors (Lipinski definition) is 3. The molecule has 3 N–H and O–H groups in total. The maximum atomic E-state index is 12.6. The summed E-state index contributed by atoms with van der Waals surface area (Å²) in [6.07, 6.45) is 0.903. The van der Waals surface area contributed by atoms with Gasteiger partial charge in [0.1, 0.15) is 0 Å². The highest BCUT2D eigenvalue weighted by atomic mass is 35.5. The van der Waals surface area contributed by atoms with Crippen LogP contribution >= 0.6 is 23.2 Å². The Bertz CT molecular complexity index is 878. The first-order valence-electron chi connectivity index (χ1n) is 8.46. The van der Waals surface area contributed by atoms with E-state index in [1.807, 2.05) is 33.8 Å². The fourth-order valence-electron chi connectivity index (χ4n) is 2.59. The molecule has 0 radical (unpaired) electrons. The molecule has 26 heavy (non-hydrogen) atoms. The number of halogens is 2. The minimum atomic E-state index is -0.385. The maximum absolute atomic E-state index is 12.6. The van der Waals surface area contributed by atoms with Crippen LogP contribution in [0.4, 0.5) is 5.69 Å². The van der Waals surface area contributed by atoms with E-state index in [2.05, 4.69) is 15.6 Å². The van der Waals surface area contributed by atoms with Gasteiger partial charge in [0.25, 0.3) is 11.5 Å². The standard InChI is InChI=1S/C19H23Cl2N3O2/c1-5-11(3)23-16-8-13(20)7-14(17(16)21)18(25)22-9-15-10(2)6-12(4)24-19(15)26/h6-8,11,23H,5,9H2,1-4H3,(H,22,25)(H,24,26). The molecular formula is C19H23Cl2N3O2. The van der Waals surface area contributed by atoms with Crippen LogP contribution in [0.2, 0.25) is 10.0 Å². The summed E-state index contributed by atoms with van der Waals surface area (Å²) in [5.74, 6) is -0.385. The van der Waals surface area contributed by atoms with Crippen molar-refractivity contribution in [2.75, 3.05) is 5.32 Å². The van der Waals surface area contributed by atoms with Crippen LogP contribution in [0.1, 0.15) is 47.4 Å². The number of H-pyrrole nitrogens is 1. The second kappa shape index (κ2) is 8.60. The van der Waals surface area contributed by atoms with E-state index in [0.29, 0.717) is 21.3 Å². The smallest absolute Gasteiger partial charge is 0.253 e. The molecule has 0 aliphatic heterocycles. The van der Waals surface area contributed by atoms with Crippen molar-refractivity contribution in [2.24, 2.45) is 0 Å². The third kappa shape index (κ3) is 4.80. The highest BCUT2D eigenvalue weighted by Crippen LogP contribution is 2.31. The molecule has 1 heterocycles. The van der Waals surface area contributed by atoms with Crippen LogP contribution in [0, 0.1) is 13.8 Å². The lowest BCUT2D eigenvalue weighted by Crippen LogP contribution is -2.28. The Labute approximate surface area is 163 Å². The Morgan fingerprint density at radius 1 is 1.23 bits per heavy atom. The van der Waals surface area contributed by atoms with Crippen molar-refractivity contribution in [1.29, 1.82) is 0 Å². The van der Waals surface area contributed by atoms with E-state index in [4.69, 9.17) is 23.2 Å². The second-order valence-corrected chi connectivity index (χ2v) is 7.21. The Kier molecular flexibility index (Phi) is 6.73. The minimum Gasteiger partial charge on any atom is -0.381 e. The van der Waals surface area contributed by atoms with Gasteiger partial charge < -0.3 is 15.6 Å². The van der Waals surface area contributed by atoms with Gasteiger partial charge in [-0.3, -0.25) is 9.59 Å². The monoisotopic (exact) mass is 395 g/mol. The van der Waals surface area contributed by atoms with E-state index >= 15 is 0 Å². The fraction of sp³-hybridized carbons (Fsp3) is 0.368. The molecule has 0 saturated heterocycles. The van der Waals surface area contributed by atoms with Crippen molar-refractivity contribution in [3.8, 4) is 0 Å². The molecule has 0 fully saturated rings. The summed E-state index contributed by atoms with van der Waals surface area (Å²) in [5.41, 5.74) is 2.79. The molecule has 2 aromatic rings. The number of anilines is 1. The van der Waals surface area contributed by atoms with Gasteiger partial charge in [-0.25, -0.2) is 0 Å². The van der Waals surface area contributed by atoms with Gasteiger partial charge in [-0.1, -0.05) is 30.1 Å². The number of carbonyl (C=O) groups excluding carboxylic acids is 1. The fourth-order valence-corrected chi connectivity index (χ4v) is 3.06. The summed E-state index contributed by atoms with van der Waals surface area (Å²) in [6.45, 7) is 7.82. The lowest BCUT2D eigenvalue weighted by Gasteiger charge is -2.17. The molecule has 7 heteroatoms. The van der Waals surface area contributed by atoms with Crippen LogP contribution in [0.15, 0.2) is 23.0 Å². The van der Waals surface area contributed by atoms with Gasteiger partial charge in [-0.15, -0.1) is 0 Å². The Hall–Kier alpha value is -1.98. The zero-order chi connectivity index (χ0) is 19.4. The van der Waals surface area contributed by atoms with Gasteiger partial charge in [-0.05, 0) is 51.0 Å². The molecule has 1 aromatic carbocycles. The Morgan fingerprint density at radius 3 is 2.54 bits per heavy atom. The Balaban J connectivity index is 2.24. The number of carbonyl (C=O) groups is 1. The minimum absolute atomic E-state index is 0.108. The number of aryl methyl sites for hydroxylation is 2. The summed E-state index contributed by atoms with van der Waals surface area (Å²) >= 11 is 12.5. The second-order valence-electron chi connectivity index (χ2n) is 6.39. The van der Waals surface area contributed by atoms with E-state index in [1.54, 1.807) is 6.07 Å². The molecule has 0 spiro atoms. The molecule has 1 atom stereocenters. The van der Waals surface area contributed by atoms with Gasteiger partial charge in [-0.2, -0.15) is 0 Å². The highest BCUT2D eigenvalue weighted by Gasteiger charge is 2.17. The molecule has 0 bridgehead atoms. The number of pyridine rings is 1. The topological polar surface area (TPSA) is 74.0 Å². The van der Waals surface area contributed by atoms with Crippen LogP contribution in [0.5, 0.6) is 0 Å². The van der Waals surface area contributed by atoms with Crippen molar-refractivity contribution >= 4 is 34.8 Å². The van der Waals surface area contributed by atoms with Gasteiger partial charge in [0.05, 0.1) is 16.3 Å². The summed E-state index contributed by atoms with van der Waals surface area (Å²) < 4.78 is 0. The van der Waals surface area contributed by atoms with Crippen LogP contribution in [-0.4, -0.2) is 16.9 Å². The maximum Gasteiger partial charge on any atom is 0.253 e. The quantitative estimate of drug-likeness (QED) is 0.676. The summed E-state index contributed by atoms with van der Waals surface area (Å²) in [7, 11) is 0. The van der Waals surface area contributed by atoms with Gasteiger partial charge >= 0.3 is 0 Å². The number of nitrogens with one attached hydrogen (secondary N) is 3. The SMILES string of the molecule is CCC(C)Nc1cc(Cl)cc(C(=O)NCc2c(C)cc(C)[nH]c2=O)c1Cl.